The van der Waals surface area contributed by atoms with Gasteiger partial charge < -0.3 is 20.9 Å². The second kappa shape index (κ2) is 6.72. The van der Waals surface area contributed by atoms with Crippen LogP contribution < -0.4 is 21.3 Å². The van der Waals surface area contributed by atoms with Gasteiger partial charge in [-0.25, -0.2) is 9.59 Å². The molecule has 1 spiro atoms. The fraction of sp³-hybridized carbons (Fsp3) is 0.471. The Morgan fingerprint density at radius 1 is 1.28 bits per heavy atom. The van der Waals surface area contributed by atoms with Gasteiger partial charge in [0.2, 0.25) is 0 Å². The van der Waals surface area contributed by atoms with Crippen LogP contribution in [0.5, 0.6) is 0 Å². The van der Waals surface area contributed by atoms with Gasteiger partial charge in [-0.1, -0.05) is 24.3 Å². The Balaban J connectivity index is 1.44. The number of nitrogens with one attached hydrogen (secondary N) is 4. The van der Waals surface area contributed by atoms with Crippen LogP contribution in [0.15, 0.2) is 24.3 Å². The molecule has 3 rings (SSSR count). The molecule has 1 aromatic rings. The van der Waals surface area contributed by atoms with Crippen LogP contribution in [-0.4, -0.2) is 48.5 Å². The van der Waals surface area contributed by atoms with Gasteiger partial charge in [-0.3, -0.25) is 10.1 Å². The van der Waals surface area contributed by atoms with Crippen molar-refractivity contribution < 1.29 is 14.4 Å². The van der Waals surface area contributed by atoms with Gasteiger partial charge in [0, 0.05) is 32.0 Å². The van der Waals surface area contributed by atoms with Crippen molar-refractivity contribution in [2.45, 2.75) is 37.5 Å². The highest BCUT2D eigenvalue weighted by molar-refractivity contribution is 6.07. The highest BCUT2D eigenvalue weighted by Crippen LogP contribution is 2.34. The number of amides is 5. The number of nitrogens with zero attached hydrogens (tertiary/aromatic N) is 1. The summed E-state index contributed by atoms with van der Waals surface area (Å²) in [6.45, 7) is 1.28. The van der Waals surface area contributed by atoms with Crippen molar-refractivity contribution in [2.75, 3.05) is 14.1 Å². The predicted octanol–water partition coefficient (Wildman–Crippen LogP) is 0.288. The third-order valence-electron chi connectivity index (χ3n) is 4.48. The van der Waals surface area contributed by atoms with Crippen molar-refractivity contribution in [3.8, 4) is 0 Å². The van der Waals surface area contributed by atoms with Crippen molar-refractivity contribution in [2.24, 2.45) is 0 Å². The fourth-order valence-electron chi connectivity index (χ4n) is 3.32. The number of hydrogen-bond donors (Lipinski definition) is 4. The lowest BCUT2D eigenvalue weighted by molar-refractivity contribution is -0.127. The molecule has 1 heterocycles. The van der Waals surface area contributed by atoms with Crippen LogP contribution in [-0.2, 0) is 17.9 Å². The van der Waals surface area contributed by atoms with E-state index >= 15 is 0 Å². The van der Waals surface area contributed by atoms with E-state index in [9.17, 15) is 14.4 Å². The summed E-state index contributed by atoms with van der Waals surface area (Å²) < 4.78 is 0. The van der Waals surface area contributed by atoms with E-state index in [2.05, 4.69) is 38.3 Å². The monoisotopic (exact) mass is 345 g/mol. The molecular weight excluding hydrogens is 322 g/mol. The zero-order valence-corrected chi connectivity index (χ0v) is 14.4. The van der Waals surface area contributed by atoms with Crippen LogP contribution in [0.2, 0.25) is 0 Å². The molecule has 1 saturated heterocycles. The molecule has 4 N–H and O–H groups in total. The zero-order chi connectivity index (χ0) is 18.0. The lowest BCUT2D eigenvalue weighted by Gasteiger charge is -2.42. The minimum Gasteiger partial charge on any atom is -0.335 e. The standard InChI is InChI=1S/C17H23N5O3/c1-22(2)10-12-5-3-4-11(6-12)9-18-15(24)19-13-7-17(8-13)14(23)20-16(25)21-17/h3-6,13H,7-10H2,1-2H3,(H2,18,19,24)(H2,20,21,23,25). The average molecular weight is 345 g/mol. The van der Waals surface area contributed by atoms with E-state index in [1.165, 1.54) is 5.56 Å². The van der Waals surface area contributed by atoms with Crippen molar-refractivity contribution in [1.82, 2.24) is 26.2 Å². The molecular formula is C17H23N5O3. The van der Waals surface area contributed by atoms with Crippen LogP contribution in [0, 0.1) is 0 Å². The molecule has 2 aliphatic rings. The maximum absolute atomic E-state index is 12.0. The number of urea groups is 2. The van der Waals surface area contributed by atoms with Gasteiger partial charge >= 0.3 is 12.1 Å². The second-order valence-corrected chi connectivity index (χ2v) is 6.98. The second-order valence-electron chi connectivity index (χ2n) is 6.98. The van der Waals surface area contributed by atoms with E-state index in [1.807, 2.05) is 26.2 Å². The first-order valence-electron chi connectivity index (χ1n) is 8.27. The van der Waals surface area contributed by atoms with Gasteiger partial charge in [0.1, 0.15) is 5.54 Å². The third-order valence-corrected chi connectivity index (χ3v) is 4.48. The lowest BCUT2D eigenvalue weighted by atomic mass is 9.72. The molecule has 0 atom stereocenters. The molecule has 0 bridgehead atoms. The summed E-state index contributed by atoms with van der Waals surface area (Å²) in [5, 5.41) is 10.5. The van der Waals surface area contributed by atoms with Crippen LogP contribution in [0.1, 0.15) is 24.0 Å². The molecule has 25 heavy (non-hydrogen) atoms. The van der Waals surface area contributed by atoms with Gasteiger partial charge in [0.25, 0.3) is 5.91 Å². The van der Waals surface area contributed by atoms with Crippen LogP contribution in [0.4, 0.5) is 9.59 Å². The minimum absolute atomic E-state index is 0.121. The average Bonchev–Trinajstić information content (AvgIpc) is 2.79. The molecule has 0 unspecified atom stereocenters. The molecule has 5 amide bonds. The van der Waals surface area contributed by atoms with Crippen LogP contribution >= 0.6 is 0 Å². The van der Waals surface area contributed by atoms with E-state index in [-0.39, 0.29) is 18.0 Å². The predicted molar refractivity (Wildman–Crippen MR) is 91.6 cm³/mol. The summed E-state index contributed by atoms with van der Waals surface area (Å²) in [7, 11) is 4.02. The summed E-state index contributed by atoms with van der Waals surface area (Å²) in [5.74, 6) is -0.311. The zero-order valence-electron chi connectivity index (χ0n) is 14.4. The van der Waals surface area contributed by atoms with Crippen LogP contribution in [0.3, 0.4) is 0 Å². The summed E-state index contributed by atoms with van der Waals surface area (Å²) in [5.41, 5.74) is 1.38. The Morgan fingerprint density at radius 2 is 2.00 bits per heavy atom. The van der Waals surface area contributed by atoms with E-state index in [0.29, 0.717) is 19.4 Å². The number of benzene rings is 1. The van der Waals surface area contributed by atoms with Gasteiger partial charge in [-0.15, -0.1) is 0 Å². The van der Waals surface area contributed by atoms with Gasteiger partial charge in [0.15, 0.2) is 0 Å². The number of rotatable bonds is 5. The molecule has 2 fully saturated rings. The van der Waals surface area contributed by atoms with Crippen molar-refractivity contribution in [1.29, 1.82) is 0 Å². The first-order valence-corrected chi connectivity index (χ1v) is 8.27. The first-order chi connectivity index (χ1) is 11.9. The van der Waals surface area contributed by atoms with E-state index in [0.717, 1.165) is 12.1 Å². The SMILES string of the molecule is CN(C)Cc1cccc(CNC(=O)NC2CC3(C2)NC(=O)NC3=O)c1. The summed E-state index contributed by atoms with van der Waals surface area (Å²) in [6, 6.07) is 7.20. The van der Waals surface area contributed by atoms with E-state index in [1.54, 1.807) is 0 Å². The van der Waals surface area contributed by atoms with Crippen molar-refractivity contribution in [3.05, 3.63) is 35.4 Å². The maximum atomic E-state index is 12.0. The number of hydrogen-bond acceptors (Lipinski definition) is 4. The number of imide groups is 1. The Hall–Kier alpha value is -2.61. The maximum Gasteiger partial charge on any atom is 0.322 e. The topological polar surface area (TPSA) is 103 Å². The Labute approximate surface area is 146 Å². The first kappa shape index (κ1) is 17.2. The highest BCUT2D eigenvalue weighted by Gasteiger charge is 2.55. The summed E-state index contributed by atoms with van der Waals surface area (Å²) in [4.78, 5) is 37.0. The summed E-state index contributed by atoms with van der Waals surface area (Å²) in [6.07, 6.45) is 0.826. The Bertz CT molecular complexity index is 697. The molecule has 8 heteroatoms. The molecule has 8 nitrogen and oxygen atoms in total. The van der Waals surface area contributed by atoms with Crippen molar-refractivity contribution >= 4 is 18.0 Å². The molecule has 134 valence electrons. The van der Waals surface area contributed by atoms with Crippen LogP contribution in [0.25, 0.3) is 0 Å². The fourth-order valence-corrected chi connectivity index (χ4v) is 3.32. The molecule has 1 saturated carbocycles. The third kappa shape index (κ3) is 3.90. The van der Waals surface area contributed by atoms with Gasteiger partial charge in [0.05, 0.1) is 0 Å². The Kier molecular flexibility index (Phi) is 4.63. The normalized spacial score (nSPS) is 24.7. The smallest absolute Gasteiger partial charge is 0.322 e. The van der Waals surface area contributed by atoms with E-state index in [4.69, 9.17) is 0 Å². The lowest BCUT2D eigenvalue weighted by Crippen LogP contribution is -2.64. The number of carbonyl (C=O) groups is 3. The molecule has 1 aromatic carbocycles. The Morgan fingerprint density at radius 3 is 2.64 bits per heavy atom. The molecule has 1 aliphatic heterocycles. The number of carbonyl (C=O) groups excluding carboxylic acids is 3. The van der Waals surface area contributed by atoms with Gasteiger partial charge in [-0.05, 0) is 25.2 Å². The molecule has 0 aromatic heterocycles. The van der Waals surface area contributed by atoms with Crippen molar-refractivity contribution in [3.63, 3.8) is 0 Å². The molecule has 1 aliphatic carbocycles. The molecule has 0 radical (unpaired) electrons. The van der Waals surface area contributed by atoms with E-state index < -0.39 is 11.6 Å². The summed E-state index contributed by atoms with van der Waals surface area (Å²) >= 11 is 0. The largest absolute Gasteiger partial charge is 0.335 e. The highest BCUT2D eigenvalue weighted by atomic mass is 16.2. The minimum atomic E-state index is -0.838. The quantitative estimate of drug-likeness (QED) is 0.576. The van der Waals surface area contributed by atoms with Gasteiger partial charge in [-0.2, -0.15) is 0 Å².